The first-order valence-electron chi connectivity index (χ1n) is 18.8. The Morgan fingerprint density at radius 2 is 1.05 bits per heavy atom. The number of terminal acetylenes is 2. The summed E-state index contributed by atoms with van der Waals surface area (Å²) in [7, 11) is 3.06. The van der Waals surface area contributed by atoms with E-state index in [-0.39, 0.29) is 45.1 Å². The zero-order chi connectivity index (χ0) is 43.4. The van der Waals surface area contributed by atoms with Gasteiger partial charge in [0.15, 0.2) is 23.0 Å². The van der Waals surface area contributed by atoms with Gasteiger partial charge in [-0.25, -0.2) is 0 Å². The predicted molar refractivity (Wildman–Crippen MR) is 236 cm³/mol. The predicted octanol–water partition coefficient (Wildman–Crippen LogP) is 7.03. The molecule has 4 aromatic carbocycles. The fourth-order valence-electron chi connectivity index (χ4n) is 6.39. The van der Waals surface area contributed by atoms with Gasteiger partial charge in [0.2, 0.25) is 11.2 Å². The molecule has 60 heavy (non-hydrogen) atoms. The zero-order valence-electron chi connectivity index (χ0n) is 33.9. The van der Waals surface area contributed by atoms with Crippen molar-refractivity contribution >= 4 is 39.3 Å². The lowest BCUT2D eigenvalue weighted by Gasteiger charge is -2.47. The van der Waals surface area contributed by atoms with Crippen molar-refractivity contribution < 1.29 is 38.0 Å². The van der Waals surface area contributed by atoms with Crippen LogP contribution in [0.4, 0.5) is 0 Å². The number of amides is 2. The van der Waals surface area contributed by atoms with E-state index in [2.05, 4.69) is 62.1 Å². The van der Waals surface area contributed by atoms with E-state index in [4.69, 9.17) is 52.9 Å². The molecule has 0 aliphatic carbocycles. The maximum absolute atomic E-state index is 15.4. The van der Waals surface area contributed by atoms with Crippen molar-refractivity contribution in [2.75, 3.05) is 53.7 Å². The minimum atomic E-state index is -2.24. The summed E-state index contributed by atoms with van der Waals surface area (Å²) in [5.41, 5.74) is -2.23. The van der Waals surface area contributed by atoms with Crippen LogP contribution in [0.3, 0.4) is 0 Å². The number of nitrogens with one attached hydrogen (secondary N) is 2. The van der Waals surface area contributed by atoms with Crippen LogP contribution in [0.5, 0.6) is 23.0 Å². The highest BCUT2D eigenvalue weighted by Gasteiger charge is 2.65. The van der Waals surface area contributed by atoms with Crippen LogP contribution in [0, 0.1) is 48.4 Å². The molecule has 10 nitrogen and oxygen atoms in total. The molecular weight excluding hydrogens is 848 g/mol. The molecular formula is C48H46BrClN2O8. The van der Waals surface area contributed by atoms with Crippen molar-refractivity contribution in [1.29, 1.82) is 0 Å². The van der Waals surface area contributed by atoms with E-state index in [1.807, 2.05) is 12.1 Å². The van der Waals surface area contributed by atoms with Gasteiger partial charge in [-0.3, -0.25) is 9.59 Å². The molecule has 4 rings (SSSR count). The molecule has 0 radical (unpaired) electrons. The van der Waals surface area contributed by atoms with Gasteiger partial charge in [-0.05, 0) is 97.5 Å². The van der Waals surface area contributed by atoms with Crippen molar-refractivity contribution in [2.24, 2.45) is 0 Å². The van der Waals surface area contributed by atoms with E-state index in [1.165, 1.54) is 14.2 Å². The Hall–Kier alpha value is -6.05. The second-order valence-electron chi connectivity index (χ2n) is 12.8. The highest BCUT2D eigenvalue weighted by atomic mass is 79.9. The fourth-order valence-corrected chi connectivity index (χ4v) is 6.78. The van der Waals surface area contributed by atoms with Crippen molar-refractivity contribution in [1.82, 2.24) is 10.6 Å². The topological polar surface area (TPSA) is 114 Å². The Kier molecular flexibility index (Phi) is 18.3. The quantitative estimate of drug-likeness (QED) is 0.0859. The summed E-state index contributed by atoms with van der Waals surface area (Å²) >= 11 is 9.94. The lowest BCUT2D eigenvalue weighted by atomic mass is 9.71. The van der Waals surface area contributed by atoms with Gasteiger partial charge in [0, 0.05) is 22.6 Å². The van der Waals surface area contributed by atoms with Crippen LogP contribution in [0.15, 0.2) is 89.4 Å². The molecule has 2 N–H and O–H groups in total. The van der Waals surface area contributed by atoms with Crippen LogP contribution in [0.25, 0.3) is 0 Å². The van der Waals surface area contributed by atoms with E-state index in [1.54, 1.807) is 86.6 Å². The van der Waals surface area contributed by atoms with E-state index in [0.717, 1.165) is 15.6 Å². The van der Waals surface area contributed by atoms with Crippen molar-refractivity contribution in [2.45, 2.75) is 37.9 Å². The minimum Gasteiger partial charge on any atom is -0.493 e. The summed E-state index contributed by atoms with van der Waals surface area (Å²) in [5.74, 6) is 17.0. The number of ether oxygens (including phenoxy) is 6. The number of hydrogen-bond acceptors (Lipinski definition) is 8. The Morgan fingerprint density at radius 1 is 0.633 bits per heavy atom. The SMILES string of the molecule is C#CCOc1ccc(CCNC(=O)C(OCC#CC)(c2ccc(Cl)cc2)C(OCC#CC)(C(=O)NCCc2ccc(OCC#C)c(OC)c2)c2ccc(Br)cc2)cc1OC. The highest BCUT2D eigenvalue weighted by Crippen LogP contribution is 2.48. The molecule has 2 atom stereocenters. The smallest absolute Gasteiger partial charge is 0.261 e. The Bertz CT molecular complexity index is 2130. The van der Waals surface area contributed by atoms with Gasteiger partial charge >= 0.3 is 0 Å². The molecule has 0 bridgehead atoms. The Labute approximate surface area is 366 Å². The normalized spacial score (nSPS) is 12.3. The first-order valence-corrected chi connectivity index (χ1v) is 19.9. The number of methoxy groups -OCH3 is 2. The molecule has 0 fully saturated rings. The molecule has 0 saturated carbocycles. The molecule has 2 amide bonds. The Balaban J connectivity index is 1.87. The number of benzene rings is 4. The first kappa shape index (κ1) is 46.6. The van der Waals surface area contributed by atoms with Gasteiger partial charge in [-0.15, -0.1) is 24.7 Å². The molecule has 310 valence electrons. The van der Waals surface area contributed by atoms with Gasteiger partial charge in [0.05, 0.1) is 14.2 Å². The molecule has 0 aromatic heterocycles. The molecule has 2 unspecified atom stereocenters. The zero-order valence-corrected chi connectivity index (χ0v) is 36.3. The summed E-state index contributed by atoms with van der Waals surface area (Å²) in [5, 5.41) is 6.52. The van der Waals surface area contributed by atoms with Gasteiger partial charge < -0.3 is 39.1 Å². The van der Waals surface area contributed by atoms with Gasteiger partial charge in [-0.2, -0.15) is 0 Å². The molecule has 0 heterocycles. The Morgan fingerprint density at radius 3 is 1.43 bits per heavy atom. The van der Waals surface area contributed by atoms with Crippen molar-refractivity contribution in [3.8, 4) is 71.4 Å². The highest BCUT2D eigenvalue weighted by molar-refractivity contribution is 9.10. The summed E-state index contributed by atoms with van der Waals surface area (Å²) in [6.45, 7) is 3.16. The van der Waals surface area contributed by atoms with E-state index in [9.17, 15) is 0 Å². The second-order valence-corrected chi connectivity index (χ2v) is 14.1. The van der Waals surface area contributed by atoms with Crippen LogP contribution in [0.1, 0.15) is 36.1 Å². The number of hydrogen-bond donors (Lipinski definition) is 2. The molecule has 0 aliphatic heterocycles. The van der Waals surface area contributed by atoms with Gasteiger partial charge in [0.1, 0.15) is 26.4 Å². The lowest BCUT2D eigenvalue weighted by Crippen LogP contribution is -2.67. The summed E-state index contributed by atoms with van der Waals surface area (Å²) in [4.78, 5) is 30.8. The lowest BCUT2D eigenvalue weighted by molar-refractivity contribution is -0.214. The largest absolute Gasteiger partial charge is 0.493 e. The molecule has 4 aromatic rings. The molecule has 0 aliphatic rings. The third kappa shape index (κ3) is 11.4. The van der Waals surface area contributed by atoms with E-state index < -0.39 is 23.0 Å². The molecule has 0 saturated heterocycles. The van der Waals surface area contributed by atoms with Crippen LogP contribution in [-0.4, -0.2) is 65.6 Å². The van der Waals surface area contributed by atoms with Crippen LogP contribution >= 0.6 is 27.5 Å². The average Bonchev–Trinajstić information content (AvgIpc) is 3.26. The summed E-state index contributed by atoms with van der Waals surface area (Å²) < 4.78 is 36.5. The van der Waals surface area contributed by atoms with Crippen molar-refractivity contribution in [3.05, 3.63) is 117 Å². The summed E-state index contributed by atoms with van der Waals surface area (Å²) in [6.07, 6.45) is 11.5. The molecule has 0 spiro atoms. The van der Waals surface area contributed by atoms with Crippen LogP contribution in [0.2, 0.25) is 5.02 Å². The first-order chi connectivity index (χ1) is 29.1. The minimum absolute atomic E-state index is 0.0749. The standard InChI is InChI=1S/C48H46BrClN2O8/c1-7-11-31-59-47(37-15-19-39(49)20-16-37,45(53)51-27-25-35-13-23-41(57-29-9-3)43(33-35)55-5)48(60-32-12-8-2,38-17-21-40(50)22-18-38)46(54)52-28-26-36-14-24-42(58-30-10-4)44(34-36)56-6/h3-4,13-24,33-34H,25-32H2,1-2,5-6H3,(H,51,53)(H,52,54). The van der Waals surface area contributed by atoms with Gasteiger partial charge in [-0.1, -0.05) is 87.6 Å². The average molecular weight is 894 g/mol. The van der Waals surface area contributed by atoms with E-state index in [0.29, 0.717) is 46.4 Å². The van der Waals surface area contributed by atoms with Crippen molar-refractivity contribution in [3.63, 3.8) is 0 Å². The maximum atomic E-state index is 15.4. The maximum Gasteiger partial charge on any atom is 0.261 e. The third-order valence-corrected chi connectivity index (χ3v) is 9.97. The number of halogens is 2. The summed E-state index contributed by atoms with van der Waals surface area (Å²) in [6, 6.07) is 24.2. The number of carbonyl (C=O) groups is 2. The molecule has 12 heteroatoms. The second kappa shape index (κ2) is 23.5. The van der Waals surface area contributed by atoms with Crippen LogP contribution in [-0.2, 0) is 43.1 Å². The fraction of sp³-hybridized carbons (Fsp3) is 0.292. The monoisotopic (exact) mass is 892 g/mol. The third-order valence-electron chi connectivity index (χ3n) is 9.19. The van der Waals surface area contributed by atoms with Crippen LogP contribution < -0.4 is 29.6 Å². The number of carbonyl (C=O) groups excluding carboxylic acids is 2. The van der Waals surface area contributed by atoms with Gasteiger partial charge in [0.25, 0.3) is 11.8 Å². The van der Waals surface area contributed by atoms with E-state index >= 15 is 9.59 Å². The number of rotatable bonds is 21.